The summed E-state index contributed by atoms with van der Waals surface area (Å²) in [6.45, 7) is 5.50. The third-order valence-corrected chi connectivity index (χ3v) is 5.51. The van der Waals surface area contributed by atoms with Gasteiger partial charge in [-0.1, -0.05) is 25.4 Å². The highest BCUT2D eigenvalue weighted by molar-refractivity contribution is 14.1. The Morgan fingerprint density at radius 3 is 2.86 bits per heavy atom. The molecule has 114 valence electrons. The van der Waals surface area contributed by atoms with Crippen LogP contribution >= 0.6 is 34.2 Å². The standard InChI is InChI=1S/C14H16ClFIN3O/c1-4-9-7(2)14(3,16)13(21-9)20-5-8(17)10-11(15)18-6-19-12(10)20/h5-7,9,13H,4H2,1-3H3/t7-,9-,13-,14-/m1/s1. The summed E-state index contributed by atoms with van der Waals surface area (Å²) < 4.78 is 23.8. The molecule has 0 spiro atoms. The first-order chi connectivity index (χ1) is 9.87. The fraction of sp³-hybridized carbons (Fsp3) is 0.571. The van der Waals surface area contributed by atoms with Crippen LogP contribution in [0.2, 0.25) is 5.15 Å². The summed E-state index contributed by atoms with van der Waals surface area (Å²) in [5, 5.41) is 1.12. The van der Waals surface area contributed by atoms with Gasteiger partial charge in [0.15, 0.2) is 11.9 Å². The number of aromatic nitrogens is 3. The minimum atomic E-state index is -1.47. The van der Waals surface area contributed by atoms with Crippen molar-refractivity contribution in [3.05, 3.63) is 21.2 Å². The Balaban J connectivity index is 2.15. The van der Waals surface area contributed by atoms with Crippen LogP contribution in [0.5, 0.6) is 0 Å². The highest BCUT2D eigenvalue weighted by atomic mass is 127. The minimum Gasteiger partial charge on any atom is -0.351 e. The third kappa shape index (κ3) is 2.26. The van der Waals surface area contributed by atoms with Crippen LogP contribution in [0.15, 0.2) is 12.5 Å². The molecule has 3 rings (SSSR count). The number of alkyl halides is 1. The summed E-state index contributed by atoms with van der Waals surface area (Å²) in [6, 6.07) is 0. The number of rotatable bonds is 2. The Bertz CT molecular complexity index is 690. The van der Waals surface area contributed by atoms with Crippen molar-refractivity contribution >= 4 is 45.2 Å². The van der Waals surface area contributed by atoms with Gasteiger partial charge in [-0.2, -0.15) is 0 Å². The molecule has 0 unspecified atom stereocenters. The lowest BCUT2D eigenvalue weighted by atomic mass is 9.88. The van der Waals surface area contributed by atoms with Crippen LogP contribution < -0.4 is 0 Å². The molecule has 4 atom stereocenters. The molecule has 3 heterocycles. The molecular weight excluding hydrogens is 408 g/mol. The van der Waals surface area contributed by atoms with Crippen molar-refractivity contribution in [2.75, 3.05) is 0 Å². The predicted molar refractivity (Wildman–Crippen MR) is 88.1 cm³/mol. The van der Waals surface area contributed by atoms with E-state index < -0.39 is 11.9 Å². The third-order valence-electron chi connectivity index (χ3n) is 4.41. The molecule has 1 aliphatic heterocycles. The molecular formula is C14H16ClFIN3O. The molecule has 2 aromatic heterocycles. The monoisotopic (exact) mass is 423 g/mol. The van der Waals surface area contributed by atoms with Crippen LogP contribution in [0.1, 0.15) is 33.4 Å². The predicted octanol–water partition coefficient (Wildman–Crippen LogP) is 4.36. The van der Waals surface area contributed by atoms with Crippen LogP contribution in [-0.4, -0.2) is 26.3 Å². The molecule has 0 saturated carbocycles. The molecule has 0 aromatic carbocycles. The molecule has 0 N–H and O–H groups in total. The summed E-state index contributed by atoms with van der Waals surface area (Å²) >= 11 is 8.29. The van der Waals surface area contributed by atoms with Crippen molar-refractivity contribution in [3.8, 4) is 0 Å². The summed E-state index contributed by atoms with van der Waals surface area (Å²) in [4.78, 5) is 8.26. The van der Waals surface area contributed by atoms with Gasteiger partial charge in [0.2, 0.25) is 0 Å². The highest BCUT2D eigenvalue weighted by Gasteiger charge is 2.52. The van der Waals surface area contributed by atoms with Crippen molar-refractivity contribution in [1.82, 2.24) is 14.5 Å². The quantitative estimate of drug-likeness (QED) is 0.532. The van der Waals surface area contributed by atoms with Crippen molar-refractivity contribution in [3.63, 3.8) is 0 Å². The lowest BCUT2D eigenvalue weighted by Gasteiger charge is -2.26. The second-order valence-electron chi connectivity index (χ2n) is 5.62. The van der Waals surface area contributed by atoms with E-state index in [1.54, 1.807) is 11.5 Å². The normalized spacial score (nSPS) is 33.0. The van der Waals surface area contributed by atoms with Gasteiger partial charge in [0.25, 0.3) is 0 Å². The first-order valence-corrected chi connectivity index (χ1v) is 8.34. The second-order valence-corrected chi connectivity index (χ2v) is 7.14. The van der Waals surface area contributed by atoms with Crippen LogP contribution in [0.4, 0.5) is 4.39 Å². The number of nitrogens with zero attached hydrogens (tertiary/aromatic N) is 3. The topological polar surface area (TPSA) is 39.9 Å². The Morgan fingerprint density at radius 1 is 1.52 bits per heavy atom. The largest absolute Gasteiger partial charge is 0.351 e. The number of fused-ring (bicyclic) bond motifs is 1. The first-order valence-electron chi connectivity index (χ1n) is 6.88. The van der Waals surface area contributed by atoms with E-state index in [0.29, 0.717) is 10.8 Å². The van der Waals surface area contributed by atoms with Gasteiger partial charge < -0.3 is 9.30 Å². The lowest BCUT2D eigenvalue weighted by molar-refractivity contribution is -0.0448. The molecule has 0 radical (unpaired) electrons. The Labute approximate surface area is 141 Å². The van der Waals surface area contributed by atoms with Gasteiger partial charge in [0.05, 0.1) is 11.5 Å². The van der Waals surface area contributed by atoms with Gasteiger partial charge in [-0.15, -0.1) is 0 Å². The van der Waals surface area contributed by atoms with E-state index in [9.17, 15) is 0 Å². The van der Waals surface area contributed by atoms with Gasteiger partial charge in [0, 0.05) is 15.7 Å². The van der Waals surface area contributed by atoms with Crippen LogP contribution in [0, 0.1) is 9.49 Å². The molecule has 4 nitrogen and oxygen atoms in total. The average Bonchev–Trinajstić information content (AvgIpc) is 2.87. The maximum Gasteiger partial charge on any atom is 0.169 e. The van der Waals surface area contributed by atoms with Gasteiger partial charge in [0.1, 0.15) is 17.1 Å². The SMILES string of the molecule is CC[C@H]1O[C@@H](n2cc(I)c3c(Cl)ncnc32)[C@](C)(F)[C@@H]1C. The zero-order valence-electron chi connectivity index (χ0n) is 12.0. The molecule has 7 heteroatoms. The zero-order valence-corrected chi connectivity index (χ0v) is 14.9. The van der Waals surface area contributed by atoms with Gasteiger partial charge in [-0.05, 0) is 35.9 Å². The van der Waals surface area contributed by atoms with E-state index in [4.69, 9.17) is 16.3 Å². The van der Waals surface area contributed by atoms with E-state index >= 15 is 4.39 Å². The number of hydrogen-bond donors (Lipinski definition) is 0. The second kappa shape index (κ2) is 5.31. The molecule has 1 saturated heterocycles. The van der Waals surface area contributed by atoms with E-state index in [1.807, 2.05) is 20.0 Å². The molecule has 1 aliphatic rings. The average molecular weight is 424 g/mol. The summed E-state index contributed by atoms with van der Waals surface area (Å²) in [5.41, 5.74) is -0.857. The first kappa shape index (κ1) is 15.4. The van der Waals surface area contributed by atoms with Crippen molar-refractivity contribution in [1.29, 1.82) is 0 Å². The Hall–Kier alpha value is -0.470. The maximum absolute atomic E-state index is 15.2. The fourth-order valence-corrected chi connectivity index (χ4v) is 4.16. The molecule has 0 bridgehead atoms. The van der Waals surface area contributed by atoms with E-state index in [0.717, 1.165) is 15.4 Å². The van der Waals surface area contributed by atoms with Crippen LogP contribution in [0.25, 0.3) is 11.0 Å². The number of halogens is 3. The number of hydrogen-bond acceptors (Lipinski definition) is 3. The Morgan fingerprint density at radius 2 is 2.24 bits per heavy atom. The van der Waals surface area contributed by atoms with Gasteiger partial charge in [-0.25, -0.2) is 14.4 Å². The highest BCUT2D eigenvalue weighted by Crippen LogP contribution is 2.47. The van der Waals surface area contributed by atoms with Crippen LogP contribution in [0.3, 0.4) is 0 Å². The molecule has 21 heavy (non-hydrogen) atoms. The summed E-state index contributed by atoms with van der Waals surface area (Å²) in [6.07, 6.45) is 3.21. The molecule has 1 fully saturated rings. The maximum atomic E-state index is 15.2. The van der Waals surface area contributed by atoms with Crippen molar-refractivity contribution < 1.29 is 9.13 Å². The smallest absolute Gasteiger partial charge is 0.169 e. The number of ether oxygens (including phenoxy) is 1. The molecule has 2 aromatic rings. The van der Waals surface area contributed by atoms with Crippen molar-refractivity contribution in [2.45, 2.75) is 45.2 Å². The van der Waals surface area contributed by atoms with Gasteiger partial charge in [-0.3, -0.25) is 0 Å². The van der Waals surface area contributed by atoms with Gasteiger partial charge >= 0.3 is 0 Å². The Kier molecular flexibility index (Phi) is 3.90. The molecule has 0 aliphatic carbocycles. The van der Waals surface area contributed by atoms with Crippen molar-refractivity contribution in [2.24, 2.45) is 5.92 Å². The summed E-state index contributed by atoms with van der Waals surface area (Å²) in [5.74, 6) is -0.181. The molecule has 0 amide bonds. The van der Waals surface area contributed by atoms with E-state index in [1.165, 1.54) is 6.33 Å². The minimum absolute atomic E-state index is 0.0996. The zero-order chi connectivity index (χ0) is 15.4. The van der Waals surface area contributed by atoms with E-state index in [2.05, 4.69) is 32.6 Å². The van der Waals surface area contributed by atoms with E-state index in [-0.39, 0.29) is 12.0 Å². The summed E-state index contributed by atoms with van der Waals surface area (Å²) in [7, 11) is 0. The fourth-order valence-electron chi connectivity index (χ4n) is 2.98. The lowest BCUT2D eigenvalue weighted by Crippen LogP contribution is -2.33. The van der Waals surface area contributed by atoms with Crippen LogP contribution in [-0.2, 0) is 4.74 Å².